The van der Waals surface area contributed by atoms with Crippen molar-refractivity contribution in [3.8, 4) is 0 Å². The molecule has 31 heavy (non-hydrogen) atoms. The maximum Gasteiger partial charge on any atom is 0.363 e. The Hall–Kier alpha value is -2.63. The topological polar surface area (TPSA) is 204 Å². The number of nitrogens with one attached hydrogen (secondary N) is 1. The minimum atomic E-state index is -4.48. The second-order valence-electron chi connectivity index (χ2n) is 6.87. The van der Waals surface area contributed by atoms with Gasteiger partial charge in [-0.1, -0.05) is 0 Å². The molecule has 15 nitrogen and oxygen atoms in total. The average molecular weight is 459 g/mol. The normalized spacial score (nSPS) is 27.0. The van der Waals surface area contributed by atoms with Crippen LogP contribution >= 0.6 is 0 Å². The highest BCUT2D eigenvalue weighted by atomic mass is 32.2. The van der Waals surface area contributed by atoms with E-state index in [0.29, 0.717) is 13.2 Å². The fourth-order valence-corrected chi connectivity index (χ4v) is 3.99. The number of ether oxygens (including phenoxy) is 2. The van der Waals surface area contributed by atoms with Gasteiger partial charge in [-0.15, -0.1) is 0 Å². The third kappa shape index (κ3) is 4.39. The van der Waals surface area contributed by atoms with Crippen molar-refractivity contribution in [2.24, 2.45) is 0 Å². The Balaban J connectivity index is 1.40. The van der Waals surface area contributed by atoms with Gasteiger partial charge in [0, 0.05) is 13.1 Å². The second-order valence-corrected chi connectivity index (χ2v) is 8.22. The molecule has 0 bridgehead atoms. The molecule has 5 N–H and O–H groups in total. The predicted molar refractivity (Wildman–Crippen MR) is 101 cm³/mol. The number of carbonyl (C=O) groups is 1. The summed E-state index contributed by atoms with van der Waals surface area (Å²) < 4.78 is 42.8. The molecule has 2 amide bonds. The summed E-state index contributed by atoms with van der Waals surface area (Å²) in [6.07, 6.45) is -2.75. The number of hydrogen-bond acceptors (Lipinski definition) is 12. The molecule has 4 heterocycles. The maximum absolute atomic E-state index is 12.1. The van der Waals surface area contributed by atoms with Gasteiger partial charge in [0.15, 0.2) is 17.7 Å². The van der Waals surface area contributed by atoms with Crippen LogP contribution in [-0.4, -0.2) is 100 Å². The number of rotatable bonds is 5. The zero-order valence-electron chi connectivity index (χ0n) is 16.1. The highest BCUT2D eigenvalue weighted by Crippen LogP contribution is 2.32. The summed E-state index contributed by atoms with van der Waals surface area (Å²) in [7, 11) is -4.48. The highest BCUT2D eigenvalue weighted by Gasteiger charge is 2.45. The summed E-state index contributed by atoms with van der Waals surface area (Å²) >= 11 is 0. The first-order valence-corrected chi connectivity index (χ1v) is 10.7. The van der Waals surface area contributed by atoms with Crippen molar-refractivity contribution in [3.05, 3.63) is 12.7 Å². The van der Waals surface area contributed by atoms with Crippen LogP contribution in [0.5, 0.6) is 0 Å². The van der Waals surface area contributed by atoms with Gasteiger partial charge in [-0.3, -0.25) is 8.75 Å². The van der Waals surface area contributed by atoms with Gasteiger partial charge in [-0.05, 0) is 0 Å². The zero-order chi connectivity index (χ0) is 22.2. The number of urea groups is 1. The first kappa shape index (κ1) is 21.6. The number of imidazole rings is 1. The van der Waals surface area contributed by atoms with E-state index >= 15 is 0 Å². The van der Waals surface area contributed by atoms with Gasteiger partial charge in [0.25, 0.3) is 0 Å². The molecule has 0 aliphatic carbocycles. The first-order valence-electron chi connectivity index (χ1n) is 9.25. The molecule has 2 aliphatic rings. The molecule has 4 atom stereocenters. The molecule has 170 valence electrons. The molecular formula is C15H21N7O8S. The molecule has 2 aromatic heterocycles. The number of nitrogens with zero attached hydrogens (tertiary/aromatic N) is 5. The van der Waals surface area contributed by atoms with Gasteiger partial charge < -0.3 is 30.3 Å². The second kappa shape index (κ2) is 8.48. The van der Waals surface area contributed by atoms with Gasteiger partial charge in [0.2, 0.25) is 0 Å². The Bertz CT molecular complexity index is 1060. The molecule has 0 aromatic carbocycles. The van der Waals surface area contributed by atoms with E-state index in [9.17, 15) is 23.4 Å². The number of nitrogen functional groups attached to an aromatic ring is 1. The SMILES string of the molecule is Nc1ncnc2c1ncn2C1OC(COS(=O)(=O)NC(=O)N2CCOCC2)[C@@H](O)[C@H]1O. The molecule has 0 radical (unpaired) electrons. The number of aliphatic hydroxyl groups is 2. The van der Waals surface area contributed by atoms with Gasteiger partial charge in [0.05, 0.1) is 26.1 Å². The Labute approximate surface area is 176 Å². The lowest BCUT2D eigenvalue weighted by molar-refractivity contribution is -0.0468. The van der Waals surface area contributed by atoms with Crippen LogP contribution in [0.3, 0.4) is 0 Å². The monoisotopic (exact) mass is 459 g/mol. The van der Waals surface area contributed by atoms with Crippen molar-refractivity contribution in [2.45, 2.75) is 24.5 Å². The van der Waals surface area contributed by atoms with Gasteiger partial charge >= 0.3 is 16.3 Å². The predicted octanol–water partition coefficient (Wildman–Crippen LogP) is -2.67. The highest BCUT2D eigenvalue weighted by molar-refractivity contribution is 7.85. The number of aromatic nitrogens is 4. The molecule has 0 spiro atoms. The van der Waals surface area contributed by atoms with Gasteiger partial charge in [0.1, 0.15) is 30.2 Å². The van der Waals surface area contributed by atoms with Crippen LogP contribution < -0.4 is 10.5 Å². The fourth-order valence-electron chi connectivity index (χ4n) is 3.28. The van der Waals surface area contributed by atoms with Crippen molar-refractivity contribution in [1.29, 1.82) is 0 Å². The molecule has 16 heteroatoms. The fraction of sp³-hybridized carbons (Fsp3) is 0.600. The molecule has 2 saturated heterocycles. The number of fused-ring (bicyclic) bond motifs is 1. The van der Waals surface area contributed by atoms with E-state index in [1.165, 1.54) is 22.1 Å². The van der Waals surface area contributed by atoms with E-state index in [2.05, 4.69) is 15.0 Å². The number of carbonyl (C=O) groups excluding carboxylic acids is 1. The average Bonchev–Trinajstić information content (AvgIpc) is 3.29. The Morgan fingerprint density at radius 1 is 1.26 bits per heavy atom. The molecule has 2 fully saturated rings. The van der Waals surface area contributed by atoms with Crippen LogP contribution in [0.4, 0.5) is 10.6 Å². The zero-order valence-corrected chi connectivity index (χ0v) is 16.9. The number of amides is 2. The Kier molecular flexibility index (Phi) is 5.91. The third-order valence-electron chi connectivity index (χ3n) is 4.90. The van der Waals surface area contributed by atoms with Crippen LogP contribution in [-0.2, 0) is 24.0 Å². The van der Waals surface area contributed by atoms with Crippen LogP contribution in [0.15, 0.2) is 12.7 Å². The lowest BCUT2D eigenvalue weighted by Crippen LogP contribution is -2.48. The quantitative estimate of drug-likeness (QED) is 0.361. The molecule has 4 rings (SSSR count). The molecule has 0 saturated carbocycles. The Morgan fingerprint density at radius 3 is 2.74 bits per heavy atom. The smallest absolute Gasteiger partial charge is 0.363 e. The number of anilines is 1. The van der Waals surface area contributed by atoms with Gasteiger partial charge in [-0.25, -0.2) is 24.5 Å². The summed E-state index contributed by atoms with van der Waals surface area (Å²) in [6.45, 7) is 0.438. The minimum absolute atomic E-state index is 0.124. The summed E-state index contributed by atoms with van der Waals surface area (Å²) in [5.41, 5.74) is 6.27. The molecule has 2 unspecified atom stereocenters. The van der Waals surface area contributed by atoms with Crippen LogP contribution in [0.2, 0.25) is 0 Å². The summed E-state index contributed by atoms with van der Waals surface area (Å²) in [4.78, 5) is 25.2. The largest absolute Gasteiger partial charge is 0.387 e. The lowest BCUT2D eigenvalue weighted by atomic mass is 10.1. The Morgan fingerprint density at radius 2 is 2.00 bits per heavy atom. The van der Waals surface area contributed by atoms with E-state index in [1.807, 2.05) is 0 Å². The van der Waals surface area contributed by atoms with E-state index < -0.39 is 47.5 Å². The number of nitrogens with two attached hydrogens (primary N) is 1. The van der Waals surface area contributed by atoms with E-state index in [4.69, 9.17) is 19.4 Å². The molecule has 2 aromatic rings. The van der Waals surface area contributed by atoms with E-state index in [0.717, 1.165) is 0 Å². The number of morpholine rings is 1. The lowest BCUT2D eigenvalue weighted by Gasteiger charge is -2.26. The summed E-state index contributed by atoms with van der Waals surface area (Å²) in [6, 6.07) is -0.851. The molecule has 2 aliphatic heterocycles. The van der Waals surface area contributed by atoms with Crippen LogP contribution in [0.25, 0.3) is 11.2 Å². The van der Waals surface area contributed by atoms with Crippen LogP contribution in [0, 0.1) is 0 Å². The van der Waals surface area contributed by atoms with Gasteiger partial charge in [-0.2, -0.15) is 8.42 Å². The number of hydrogen-bond donors (Lipinski definition) is 4. The van der Waals surface area contributed by atoms with Crippen molar-refractivity contribution >= 4 is 33.3 Å². The molecular weight excluding hydrogens is 438 g/mol. The standard InChI is InChI=1S/C15H21N7O8S/c16-12-9-13(18-6-17-12)22(7-19-9)14-11(24)10(23)8(30-14)5-29-31(26,27)20-15(25)21-1-3-28-4-2-21/h6-8,10-11,14,23-24H,1-5H2,(H,20,25)(H2,16,17,18)/t8?,10-,11-,14?/m1/s1. The van der Waals surface area contributed by atoms with Crippen LogP contribution in [0.1, 0.15) is 6.23 Å². The van der Waals surface area contributed by atoms with Crippen molar-refractivity contribution in [3.63, 3.8) is 0 Å². The van der Waals surface area contributed by atoms with E-state index in [-0.39, 0.29) is 30.1 Å². The maximum atomic E-state index is 12.1. The third-order valence-corrected chi connectivity index (χ3v) is 5.77. The summed E-state index contributed by atoms with van der Waals surface area (Å²) in [5.74, 6) is 0.124. The number of aliphatic hydroxyl groups excluding tert-OH is 2. The first-order chi connectivity index (χ1) is 14.8. The minimum Gasteiger partial charge on any atom is -0.387 e. The van der Waals surface area contributed by atoms with E-state index in [1.54, 1.807) is 4.72 Å². The van der Waals surface area contributed by atoms with Crippen molar-refractivity contribution in [2.75, 3.05) is 38.6 Å². The van der Waals surface area contributed by atoms with Crippen molar-refractivity contribution < 1.29 is 37.1 Å². The van der Waals surface area contributed by atoms with Crippen molar-refractivity contribution in [1.82, 2.24) is 29.1 Å². The summed E-state index contributed by atoms with van der Waals surface area (Å²) in [5, 5.41) is 20.7.